The Morgan fingerprint density at radius 2 is 1.41 bits per heavy atom. The van der Waals surface area contributed by atoms with Gasteiger partial charge >= 0.3 is 12.3 Å². The van der Waals surface area contributed by atoms with Crippen LogP contribution in [-0.2, 0) is 4.74 Å². The number of carbonyl (C=O) groups is 1. The lowest BCUT2D eigenvalue weighted by atomic mass is 9.98. The number of alkyl halides is 3. The topological polar surface area (TPSA) is 44.8 Å². The number of hydrogen-bond acceptors (Lipinski definition) is 4. The van der Waals surface area contributed by atoms with Crippen LogP contribution in [0.4, 0.5) is 26.7 Å². The van der Waals surface area contributed by atoms with Crippen molar-refractivity contribution in [3.05, 3.63) is 48.0 Å². The van der Waals surface area contributed by atoms with Gasteiger partial charge in [0.05, 0.1) is 19.1 Å². The first kappa shape index (κ1) is 32.4. The third-order valence-corrected chi connectivity index (χ3v) is 6.48. The van der Waals surface area contributed by atoms with Gasteiger partial charge in [-0.2, -0.15) is 17.6 Å². The zero-order valence-corrected chi connectivity index (χ0v) is 22.8. The van der Waals surface area contributed by atoms with E-state index in [2.05, 4.69) is 11.7 Å². The molecule has 0 amide bonds. The third-order valence-electron chi connectivity index (χ3n) is 6.48. The molecule has 1 atom stereocenters. The van der Waals surface area contributed by atoms with E-state index < -0.39 is 48.7 Å². The Morgan fingerprint density at radius 1 is 0.769 bits per heavy atom. The van der Waals surface area contributed by atoms with E-state index in [0.29, 0.717) is 30.8 Å². The normalized spacial score (nSPS) is 12.3. The van der Waals surface area contributed by atoms with Gasteiger partial charge in [0.25, 0.3) is 0 Å². The lowest BCUT2D eigenvalue weighted by Gasteiger charge is -2.19. The summed E-state index contributed by atoms with van der Waals surface area (Å²) in [4.78, 5) is 11.9. The van der Waals surface area contributed by atoms with Gasteiger partial charge < -0.3 is 14.2 Å². The Balaban J connectivity index is 1.86. The number of benzene rings is 2. The van der Waals surface area contributed by atoms with Crippen LogP contribution in [-0.4, -0.2) is 25.5 Å². The van der Waals surface area contributed by atoms with Crippen LogP contribution in [0.1, 0.15) is 84.5 Å². The number of carbonyl (C=O) groups excluding carboxylic acids is 1. The minimum absolute atomic E-state index is 0.0456. The minimum Gasteiger partial charge on any atom is -0.494 e. The van der Waals surface area contributed by atoms with Crippen molar-refractivity contribution in [1.29, 1.82) is 0 Å². The fourth-order valence-corrected chi connectivity index (χ4v) is 4.14. The Morgan fingerprint density at radius 3 is 2.05 bits per heavy atom. The average molecular weight is 559 g/mol. The van der Waals surface area contributed by atoms with E-state index in [1.165, 1.54) is 38.2 Å². The minimum atomic E-state index is -4.41. The summed E-state index contributed by atoms with van der Waals surface area (Å²) < 4.78 is 83.6. The van der Waals surface area contributed by atoms with Gasteiger partial charge in [-0.25, -0.2) is 9.18 Å². The molecule has 2 rings (SSSR count). The lowest BCUT2D eigenvalue weighted by molar-refractivity contribution is -0.180. The fourth-order valence-electron chi connectivity index (χ4n) is 4.14. The SMILES string of the molecule is CCCCCCCCCOc1ccc(-c2ccc(OC(=O)OCCC(CCCC)C(F)(F)F)c(F)c2F)cc1. The molecule has 39 heavy (non-hydrogen) atoms. The molecule has 0 N–H and O–H groups in total. The van der Waals surface area contributed by atoms with Crippen LogP contribution in [0.25, 0.3) is 11.1 Å². The predicted molar refractivity (Wildman–Crippen MR) is 141 cm³/mol. The highest BCUT2D eigenvalue weighted by Gasteiger charge is 2.38. The molecule has 0 saturated heterocycles. The third kappa shape index (κ3) is 11.4. The van der Waals surface area contributed by atoms with E-state index >= 15 is 0 Å². The number of ether oxygens (including phenoxy) is 3. The summed E-state index contributed by atoms with van der Waals surface area (Å²) in [5, 5.41) is 0. The van der Waals surface area contributed by atoms with Crippen molar-refractivity contribution in [2.75, 3.05) is 13.2 Å². The molecule has 0 aliphatic heterocycles. The van der Waals surface area contributed by atoms with E-state index in [9.17, 15) is 26.7 Å². The van der Waals surface area contributed by atoms with Gasteiger partial charge in [0.2, 0.25) is 5.82 Å². The fraction of sp³-hybridized carbons (Fsp3) is 0.567. The summed E-state index contributed by atoms with van der Waals surface area (Å²) in [6, 6.07) is 8.86. The molecule has 0 radical (unpaired) electrons. The van der Waals surface area contributed by atoms with Crippen molar-refractivity contribution in [2.45, 2.75) is 90.7 Å². The maximum atomic E-state index is 14.7. The molecule has 218 valence electrons. The number of hydrogen-bond donors (Lipinski definition) is 0. The van der Waals surface area contributed by atoms with Gasteiger partial charge in [-0.3, -0.25) is 0 Å². The van der Waals surface area contributed by atoms with Crippen LogP contribution in [0.15, 0.2) is 36.4 Å². The average Bonchev–Trinajstić information content (AvgIpc) is 2.90. The molecule has 2 aromatic carbocycles. The molecule has 0 fully saturated rings. The van der Waals surface area contributed by atoms with Crippen LogP contribution in [0, 0.1) is 17.6 Å². The van der Waals surface area contributed by atoms with E-state index in [1.807, 2.05) is 0 Å². The molecule has 1 unspecified atom stereocenters. The highest BCUT2D eigenvalue weighted by molar-refractivity contribution is 5.68. The van der Waals surface area contributed by atoms with Crippen molar-refractivity contribution in [1.82, 2.24) is 0 Å². The zero-order chi connectivity index (χ0) is 28.7. The zero-order valence-electron chi connectivity index (χ0n) is 22.8. The molecule has 0 aromatic heterocycles. The summed E-state index contributed by atoms with van der Waals surface area (Å²) in [5.74, 6) is -4.34. The van der Waals surface area contributed by atoms with Crippen molar-refractivity contribution >= 4 is 6.16 Å². The van der Waals surface area contributed by atoms with E-state index in [-0.39, 0.29) is 12.0 Å². The van der Waals surface area contributed by atoms with Gasteiger partial charge in [0, 0.05) is 5.56 Å². The molecule has 4 nitrogen and oxygen atoms in total. The van der Waals surface area contributed by atoms with Crippen molar-refractivity contribution < 1.29 is 41.0 Å². The summed E-state index contributed by atoms with van der Waals surface area (Å²) in [7, 11) is 0. The molecule has 0 aliphatic carbocycles. The largest absolute Gasteiger partial charge is 0.513 e. The van der Waals surface area contributed by atoms with Crippen molar-refractivity contribution in [3.8, 4) is 22.6 Å². The quantitative estimate of drug-likeness (QED) is 0.0839. The van der Waals surface area contributed by atoms with E-state index in [1.54, 1.807) is 31.2 Å². The maximum absolute atomic E-state index is 14.7. The van der Waals surface area contributed by atoms with Gasteiger partial charge in [0.1, 0.15) is 5.75 Å². The first-order chi connectivity index (χ1) is 18.7. The molecule has 0 saturated carbocycles. The van der Waals surface area contributed by atoms with Crippen LogP contribution in [0.3, 0.4) is 0 Å². The van der Waals surface area contributed by atoms with Crippen LogP contribution in [0.5, 0.6) is 11.5 Å². The molecule has 0 bridgehead atoms. The van der Waals surface area contributed by atoms with Crippen LogP contribution in [0.2, 0.25) is 0 Å². The standard InChI is InChI=1S/C30H39F5O4/c1-3-5-7-8-9-10-11-20-37-24-15-13-22(14-16-24)25-17-18-26(28(32)27(25)31)39-29(36)38-21-19-23(12-6-4-2)30(33,34)35/h13-18,23H,3-12,19-21H2,1-2H3. The molecule has 0 heterocycles. The van der Waals surface area contributed by atoms with Gasteiger partial charge in [0.15, 0.2) is 11.6 Å². The van der Waals surface area contributed by atoms with Gasteiger partial charge in [-0.05, 0) is 49.1 Å². The van der Waals surface area contributed by atoms with Crippen molar-refractivity contribution in [3.63, 3.8) is 0 Å². The molecule has 0 spiro atoms. The van der Waals surface area contributed by atoms with E-state index in [0.717, 1.165) is 18.9 Å². The Labute approximate surface area is 227 Å². The van der Waals surface area contributed by atoms with Gasteiger partial charge in [-0.15, -0.1) is 0 Å². The maximum Gasteiger partial charge on any atom is 0.513 e. The summed E-state index contributed by atoms with van der Waals surface area (Å²) in [5.41, 5.74) is 0.352. The highest BCUT2D eigenvalue weighted by atomic mass is 19.4. The smallest absolute Gasteiger partial charge is 0.494 e. The van der Waals surface area contributed by atoms with Crippen molar-refractivity contribution in [2.24, 2.45) is 5.92 Å². The number of halogens is 5. The Bertz CT molecular complexity index is 992. The number of rotatable bonds is 17. The number of unbranched alkanes of at least 4 members (excludes halogenated alkanes) is 7. The van der Waals surface area contributed by atoms with Crippen LogP contribution < -0.4 is 9.47 Å². The molecular weight excluding hydrogens is 519 g/mol. The molecule has 2 aromatic rings. The summed E-state index contributed by atoms with van der Waals surface area (Å²) in [6.07, 6.45) is 2.87. The molecule has 9 heteroatoms. The lowest BCUT2D eigenvalue weighted by Crippen LogP contribution is -2.25. The first-order valence-electron chi connectivity index (χ1n) is 13.8. The van der Waals surface area contributed by atoms with Crippen LogP contribution >= 0.6 is 0 Å². The molecular formula is C30H39F5O4. The van der Waals surface area contributed by atoms with Gasteiger partial charge in [-0.1, -0.05) is 77.3 Å². The predicted octanol–water partition coefficient (Wildman–Crippen LogP) is 10.0. The molecule has 0 aliphatic rings. The Kier molecular flexibility index (Phi) is 14.1. The highest BCUT2D eigenvalue weighted by Crippen LogP contribution is 2.33. The second-order valence-electron chi connectivity index (χ2n) is 9.60. The summed E-state index contributed by atoms with van der Waals surface area (Å²) in [6.45, 7) is 3.99. The second kappa shape index (κ2) is 17.0. The second-order valence-corrected chi connectivity index (χ2v) is 9.60. The first-order valence-corrected chi connectivity index (χ1v) is 13.8. The Hall–Kier alpha value is -2.84. The monoisotopic (exact) mass is 558 g/mol. The summed E-state index contributed by atoms with van der Waals surface area (Å²) >= 11 is 0. The van der Waals surface area contributed by atoms with E-state index in [4.69, 9.17) is 9.47 Å².